The van der Waals surface area contributed by atoms with Gasteiger partial charge in [0, 0.05) is 13.0 Å². The first-order chi connectivity index (χ1) is 37.1. The van der Waals surface area contributed by atoms with Crippen molar-refractivity contribution in [3.8, 4) is 0 Å². The van der Waals surface area contributed by atoms with Crippen molar-refractivity contribution >= 4 is 16.4 Å². The van der Waals surface area contributed by atoms with E-state index in [2.05, 4.69) is 90.9 Å². The lowest BCUT2D eigenvalue weighted by Gasteiger charge is -2.41. The van der Waals surface area contributed by atoms with Crippen molar-refractivity contribution < 1.29 is 56.2 Å². The van der Waals surface area contributed by atoms with Crippen LogP contribution >= 0.6 is 0 Å². The first-order valence-corrected chi connectivity index (χ1v) is 32.1. The highest BCUT2D eigenvalue weighted by Gasteiger charge is 2.48. The van der Waals surface area contributed by atoms with Crippen molar-refractivity contribution in [3.63, 3.8) is 0 Å². The van der Waals surface area contributed by atoms with E-state index in [-0.39, 0.29) is 19.6 Å². The smallest absolute Gasteiger partial charge is 0.397 e. The lowest BCUT2D eigenvalue weighted by atomic mass is 9.99. The average molecular weight is 1090 g/mol. The number of rotatable bonds is 54. The zero-order chi connectivity index (χ0) is 55.3. The second-order valence-electron chi connectivity index (χ2n) is 20.9. The van der Waals surface area contributed by atoms with Crippen molar-refractivity contribution in [3.05, 3.63) is 72.9 Å². The topological polar surface area (TPSA) is 178 Å². The van der Waals surface area contributed by atoms with Gasteiger partial charge in [0.1, 0.15) is 30.5 Å². The summed E-state index contributed by atoms with van der Waals surface area (Å²) in [5.74, 6) is -0.406. The highest BCUT2D eigenvalue weighted by molar-refractivity contribution is 7.80. The summed E-state index contributed by atoms with van der Waals surface area (Å²) in [6.07, 6.45) is 62.2. The van der Waals surface area contributed by atoms with E-state index in [4.69, 9.17) is 18.9 Å². The summed E-state index contributed by atoms with van der Waals surface area (Å²) in [4.78, 5) is 13.0. The van der Waals surface area contributed by atoms with Crippen LogP contribution in [0.15, 0.2) is 72.9 Å². The monoisotopic (exact) mass is 1090 g/mol. The Kier molecular flexibility index (Phi) is 50.1. The number of hydrogen-bond donors (Lipinski definition) is 4. The summed E-state index contributed by atoms with van der Waals surface area (Å²) >= 11 is 0. The second-order valence-corrected chi connectivity index (χ2v) is 22.0. The van der Waals surface area contributed by atoms with Crippen molar-refractivity contribution in [2.24, 2.45) is 0 Å². The molecule has 0 bridgehead atoms. The molecule has 442 valence electrons. The van der Waals surface area contributed by atoms with Gasteiger partial charge >= 0.3 is 16.4 Å². The average Bonchev–Trinajstić information content (AvgIpc) is 3.40. The van der Waals surface area contributed by atoms with Gasteiger partial charge in [-0.2, -0.15) is 8.42 Å². The van der Waals surface area contributed by atoms with Gasteiger partial charge in [0.15, 0.2) is 6.29 Å². The summed E-state index contributed by atoms with van der Waals surface area (Å²) in [6.45, 7) is 3.98. The Labute approximate surface area is 464 Å². The van der Waals surface area contributed by atoms with Crippen molar-refractivity contribution in [2.45, 2.75) is 295 Å². The van der Waals surface area contributed by atoms with Crippen molar-refractivity contribution in [2.75, 3.05) is 26.4 Å². The molecular weight excluding hydrogens is 981 g/mol. The van der Waals surface area contributed by atoms with Gasteiger partial charge in [-0.3, -0.25) is 9.35 Å². The summed E-state index contributed by atoms with van der Waals surface area (Å²) in [6, 6.07) is 0. The van der Waals surface area contributed by atoms with Crippen LogP contribution in [0.1, 0.15) is 258 Å². The Balaban J connectivity index is 2.29. The number of esters is 1. The number of aliphatic hydroxyl groups excluding tert-OH is 3. The summed E-state index contributed by atoms with van der Waals surface area (Å²) < 4.78 is 59.5. The summed E-state index contributed by atoms with van der Waals surface area (Å²) in [5.41, 5.74) is 0. The Bertz CT molecular complexity index is 1590. The summed E-state index contributed by atoms with van der Waals surface area (Å²) in [5, 5.41) is 30.9. The van der Waals surface area contributed by atoms with Crippen LogP contribution in [0.2, 0.25) is 0 Å². The standard InChI is InChI=1S/C63H112O12S/c1-3-5-7-9-11-13-15-17-19-21-23-25-27-28-29-31-33-35-37-39-41-43-45-47-49-51-53-71-55-57(56-72-63-61(67)62(75-76(68,69)70)60(66)58(54-64)74-63)73-59(65)52-50-48-46-44-42-40-38-36-34-32-30-26-24-22-20-18-16-14-12-10-8-6-4-2/h15-18,21-24,27-28,30,32,57-58,60-64,66-67H,3-14,19-20,25-26,29,31,33-56H2,1-2H3,(H,68,69,70)/b17-15-,18-16-,23-21-,24-22-,28-27-,32-30-. The molecule has 76 heavy (non-hydrogen) atoms. The maximum absolute atomic E-state index is 13.0. The molecule has 0 saturated carbocycles. The molecule has 0 radical (unpaired) electrons. The molecule has 1 heterocycles. The van der Waals surface area contributed by atoms with Crippen molar-refractivity contribution in [1.82, 2.24) is 0 Å². The molecule has 4 N–H and O–H groups in total. The normalized spacial score (nSPS) is 19.1. The zero-order valence-corrected chi connectivity index (χ0v) is 48.9. The van der Waals surface area contributed by atoms with Crippen LogP contribution in [0, 0.1) is 0 Å². The van der Waals surface area contributed by atoms with Gasteiger partial charge < -0.3 is 34.3 Å². The number of aliphatic hydroxyl groups is 3. The number of allylic oxidation sites excluding steroid dienone is 12. The fourth-order valence-electron chi connectivity index (χ4n) is 9.16. The number of unbranched alkanes of at least 4 members (excludes halogenated alkanes) is 29. The van der Waals surface area contributed by atoms with Crippen LogP contribution in [0.3, 0.4) is 0 Å². The molecule has 1 fully saturated rings. The molecule has 0 amide bonds. The van der Waals surface area contributed by atoms with Gasteiger partial charge in [-0.05, 0) is 89.9 Å². The lowest BCUT2D eigenvalue weighted by molar-refractivity contribution is -0.301. The molecule has 1 rings (SSSR count). The molecule has 6 unspecified atom stereocenters. The predicted molar refractivity (Wildman–Crippen MR) is 312 cm³/mol. The van der Waals surface area contributed by atoms with Crippen LogP contribution < -0.4 is 0 Å². The van der Waals surface area contributed by atoms with E-state index in [1.54, 1.807) is 0 Å². The van der Waals surface area contributed by atoms with Crippen LogP contribution in [-0.2, 0) is 38.3 Å². The number of ether oxygens (including phenoxy) is 4. The number of hydrogen-bond acceptors (Lipinski definition) is 11. The molecule has 6 atom stereocenters. The van der Waals surface area contributed by atoms with E-state index in [9.17, 15) is 33.1 Å². The molecule has 1 saturated heterocycles. The molecule has 0 aromatic rings. The van der Waals surface area contributed by atoms with Crippen LogP contribution in [0.4, 0.5) is 0 Å². The van der Waals surface area contributed by atoms with Gasteiger partial charge in [0.25, 0.3) is 0 Å². The van der Waals surface area contributed by atoms with E-state index in [1.165, 1.54) is 161 Å². The van der Waals surface area contributed by atoms with Gasteiger partial charge in [-0.25, -0.2) is 4.18 Å². The molecule has 12 nitrogen and oxygen atoms in total. The minimum absolute atomic E-state index is 0.0285. The molecule has 0 aliphatic carbocycles. The lowest BCUT2D eigenvalue weighted by Crippen LogP contribution is -2.60. The number of carbonyl (C=O) groups is 1. The highest BCUT2D eigenvalue weighted by Crippen LogP contribution is 2.26. The first kappa shape index (κ1) is 71.6. The van der Waals surface area contributed by atoms with E-state index >= 15 is 0 Å². The van der Waals surface area contributed by atoms with Crippen LogP contribution in [0.25, 0.3) is 0 Å². The third-order valence-corrected chi connectivity index (χ3v) is 14.3. The number of carbonyl (C=O) groups excluding carboxylic acids is 1. The van der Waals surface area contributed by atoms with Gasteiger partial charge in [-0.15, -0.1) is 0 Å². The minimum atomic E-state index is -5.07. The molecule has 0 aromatic heterocycles. The molecule has 1 aliphatic rings. The third kappa shape index (κ3) is 45.4. The SMILES string of the molecule is CCCCCCC/C=C\C/C=C\C/C=C\CCCCCCCCCCCCCOCC(COC1OC(CO)C(O)C(OS(=O)(=O)O)C1O)OC(=O)CCCCCCCCCC/C=C\C/C=C\C/C=C\CCCCCCC. The Morgan fingerprint density at radius 2 is 0.868 bits per heavy atom. The Hall–Kier alpha value is -2.46. The fourth-order valence-corrected chi connectivity index (χ4v) is 9.67. The molecular formula is C63H112O12S. The molecule has 0 spiro atoms. The minimum Gasteiger partial charge on any atom is -0.457 e. The first-order valence-electron chi connectivity index (χ1n) is 30.7. The van der Waals surface area contributed by atoms with Crippen LogP contribution in [-0.4, -0.2) is 97.5 Å². The van der Waals surface area contributed by atoms with Gasteiger partial charge in [0.05, 0.1) is 19.8 Å². The summed E-state index contributed by atoms with van der Waals surface area (Å²) in [7, 11) is -5.07. The molecule has 1 aliphatic heterocycles. The predicted octanol–water partition coefficient (Wildman–Crippen LogP) is 15.8. The largest absolute Gasteiger partial charge is 0.457 e. The highest BCUT2D eigenvalue weighted by atomic mass is 32.3. The second kappa shape index (κ2) is 53.2. The maximum atomic E-state index is 13.0. The van der Waals surface area contributed by atoms with E-state index in [0.29, 0.717) is 13.0 Å². The van der Waals surface area contributed by atoms with E-state index in [0.717, 1.165) is 70.6 Å². The van der Waals surface area contributed by atoms with E-state index in [1.807, 2.05) is 0 Å². The third-order valence-electron chi connectivity index (χ3n) is 13.8. The van der Waals surface area contributed by atoms with Gasteiger partial charge in [0.2, 0.25) is 0 Å². The quantitative estimate of drug-likeness (QED) is 0.0196. The zero-order valence-electron chi connectivity index (χ0n) is 48.1. The van der Waals surface area contributed by atoms with Crippen molar-refractivity contribution in [1.29, 1.82) is 0 Å². The molecule has 0 aromatic carbocycles. The maximum Gasteiger partial charge on any atom is 0.397 e. The molecule has 13 heteroatoms. The fraction of sp³-hybridized carbons (Fsp3) is 0.794. The Morgan fingerprint density at radius 3 is 1.26 bits per heavy atom. The van der Waals surface area contributed by atoms with E-state index < -0.39 is 59.8 Å². The Morgan fingerprint density at radius 1 is 0.500 bits per heavy atom. The van der Waals surface area contributed by atoms with Crippen LogP contribution in [0.5, 0.6) is 0 Å². The van der Waals surface area contributed by atoms with Gasteiger partial charge in [-0.1, -0.05) is 234 Å².